The van der Waals surface area contributed by atoms with Crippen LogP contribution in [0.15, 0.2) is 18.5 Å². The second-order valence-corrected chi connectivity index (χ2v) is 6.87. The molecule has 8 heteroatoms. The summed E-state index contributed by atoms with van der Waals surface area (Å²) in [5.74, 6) is 0. The fraction of sp³-hybridized carbons (Fsp3) is 0.625. The Morgan fingerprint density at radius 2 is 2.21 bits per heavy atom. The van der Waals surface area contributed by atoms with E-state index in [0.29, 0.717) is 18.8 Å². The van der Waals surface area contributed by atoms with Crippen molar-refractivity contribution >= 4 is 17.5 Å². The Morgan fingerprint density at radius 1 is 1.50 bits per heavy atom. The third-order valence-electron chi connectivity index (χ3n) is 4.17. The molecule has 132 valence electrons. The van der Waals surface area contributed by atoms with Gasteiger partial charge in [0.25, 0.3) is 0 Å². The molecule has 8 nitrogen and oxygen atoms in total. The quantitative estimate of drug-likeness (QED) is 0.623. The summed E-state index contributed by atoms with van der Waals surface area (Å²) in [5.41, 5.74) is 0.127. The van der Waals surface area contributed by atoms with Gasteiger partial charge >= 0.3 is 11.8 Å². The molecule has 1 aromatic heterocycles. The lowest BCUT2D eigenvalue weighted by molar-refractivity contribution is -0.384. The molecule has 0 spiro atoms. The number of pyridine rings is 1. The number of nitro groups is 1. The van der Waals surface area contributed by atoms with E-state index >= 15 is 0 Å². The second-order valence-electron chi connectivity index (χ2n) is 6.87. The highest BCUT2D eigenvalue weighted by atomic mass is 16.6. The lowest BCUT2D eigenvalue weighted by Crippen LogP contribution is -2.57. The molecule has 2 heterocycles. The molecule has 0 radical (unpaired) electrons. The van der Waals surface area contributed by atoms with E-state index < -0.39 is 10.5 Å². The first-order valence-corrected chi connectivity index (χ1v) is 7.96. The van der Waals surface area contributed by atoms with Crippen LogP contribution in [-0.2, 0) is 4.74 Å². The van der Waals surface area contributed by atoms with Crippen LogP contribution in [0, 0.1) is 10.1 Å². The number of amides is 1. The van der Waals surface area contributed by atoms with Gasteiger partial charge in [-0.05, 0) is 39.7 Å². The molecule has 0 saturated carbocycles. The Labute approximate surface area is 141 Å². The SMILES string of the molecule is COC(=O)N(C1CCCN(c2ccncc2[N+](=O)[O-])C1)C(C)(C)C. The van der Waals surface area contributed by atoms with Crippen LogP contribution in [0.25, 0.3) is 0 Å². The smallest absolute Gasteiger partial charge is 0.410 e. The van der Waals surface area contributed by atoms with E-state index in [1.165, 1.54) is 13.3 Å². The minimum Gasteiger partial charge on any atom is -0.453 e. The van der Waals surface area contributed by atoms with Crippen molar-refractivity contribution in [3.05, 3.63) is 28.6 Å². The molecule has 0 aromatic carbocycles. The van der Waals surface area contributed by atoms with Crippen molar-refractivity contribution in [2.45, 2.75) is 45.2 Å². The highest BCUT2D eigenvalue weighted by Crippen LogP contribution is 2.32. The molecular formula is C16H24N4O4. The summed E-state index contributed by atoms with van der Waals surface area (Å²) in [4.78, 5) is 30.6. The number of rotatable bonds is 3. The lowest BCUT2D eigenvalue weighted by Gasteiger charge is -2.45. The van der Waals surface area contributed by atoms with Crippen LogP contribution in [0.4, 0.5) is 16.2 Å². The fourth-order valence-electron chi connectivity index (χ4n) is 3.24. The highest BCUT2D eigenvalue weighted by Gasteiger charge is 2.37. The average Bonchev–Trinajstić information content (AvgIpc) is 2.53. The van der Waals surface area contributed by atoms with Gasteiger partial charge in [0.1, 0.15) is 11.9 Å². The molecule has 24 heavy (non-hydrogen) atoms. The van der Waals surface area contributed by atoms with Gasteiger partial charge in [0.15, 0.2) is 0 Å². The number of aromatic nitrogens is 1. The topological polar surface area (TPSA) is 88.8 Å². The Balaban J connectivity index is 2.29. The summed E-state index contributed by atoms with van der Waals surface area (Å²) in [6, 6.07) is 1.58. The van der Waals surface area contributed by atoms with Crippen molar-refractivity contribution in [2.75, 3.05) is 25.1 Å². The second kappa shape index (κ2) is 7.02. The molecule has 0 N–H and O–H groups in total. The normalized spacial score (nSPS) is 18.2. The number of hydrogen-bond donors (Lipinski definition) is 0. The zero-order valence-electron chi connectivity index (χ0n) is 14.6. The molecule has 1 aliphatic heterocycles. The van der Waals surface area contributed by atoms with Gasteiger partial charge in [0.05, 0.1) is 18.1 Å². The van der Waals surface area contributed by atoms with Crippen molar-refractivity contribution in [3.63, 3.8) is 0 Å². The first-order chi connectivity index (χ1) is 11.3. The zero-order chi connectivity index (χ0) is 17.9. The Morgan fingerprint density at radius 3 is 2.79 bits per heavy atom. The van der Waals surface area contributed by atoms with Crippen molar-refractivity contribution in [3.8, 4) is 0 Å². The summed E-state index contributed by atoms with van der Waals surface area (Å²) in [7, 11) is 1.37. The minimum absolute atomic E-state index is 0.0153. The molecule has 1 aliphatic rings. The van der Waals surface area contributed by atoms with Crippen molar-refractivity contribution in [2.24, 2.45) is 0 Å². The third-order valence-corrected chi connectivity index (χ3v) is 4.17. The van der Waals surface area contributed by atoms with E-state index in [4.69, 9.17) is 4.74 Å². The van der Waals surface area contributed by atoms with Gasteiger partial charge < -0.3 is 9.64 Å². The number of methoxy groups -OCH3 is 1. The van der Waals surface area contributed by atoms with Crippen LogP contribution >= 0.6 is 0 Å². The summed E-state index contributed by atoms with van der Waals surface area (Å²) in [6.45, 7) is 7.10. The summed E-state index contributed by atoms with van der Waals surface area (Å²) < 4.78 is 4.95. The molecule has 1 aromatic rings. The van der Waals surface area contributed by atoms with E-state index in [-0.39, 0.29) is 17.8 Å². The molecule has 0 bridgehead atoms. The van der Waals surface area contributed by atoms with Crippen LogP contribution in [-0.4, -0.2) is 52.7 Å². The average molecular weight is 336 g/mol. The molecule has 2 rings (SSSR count). The molecule has 0 aliphatic carbocycles. The van der Waals surface area contributed by atoms with Crippen LogP contribution in [0.2, 0.25) is 0 Å². The Hall–Kier alpha value is -2.38. The maximum absolute atomic E-state index is 12.2. The number of carbonyl (C=O) groups excluding carboxylic acids is 1. The Kier molecular flexibility index (Phi) is 5.26. The first-order valence-electron chi connectivity index (χ1n) is 7.96. The zero-order valence-corrected chi connectivity index (χ0v) is 14.6. The summed E-state index contributed by atoms with van der Waals surface area (Å²) in [5, 5.41) is 11.2. The van der Waals surface area contributed by atoms with Crippen LogP contribution in [0.3, 0.4) is 0 Å². The van der Waals surface area contributed by atoms with Crippen molar-refractivity contribution < 1.29 is 14.5 Å². The minimum atomic E-state index is -0.423. The number of hydrogen-bond acceptors (Lipinski definition) is 6. The van der Waals surface area contributed by atoms with Gasteiger partial charge in [-0.3, -0.25) is 20.0 Å². The van der Waals surface area contributed by atoms with Gasteiger partial charge in [0.2, 0.25) is 0 Å². The van der Waals surface area contributed by atoms with E-state index in [1.807, 2.05) is 25.7 Å². The standard InChI is InChI=1S/C16H24N4O4/c1-16(2,3)19(15(21)24-4)12-6-5-9-18(11-12)13-7-8-17-10-14(13)20(22)23/h7-8,10,12H,5-6,9,11H2,1-4H3. The number of nitrogens with zero attached hydrogens (tertiary/aromatic N) is 4. The van der Waals surface area contributed by atoms with Crippen molar-refractivity contribution in [1.82, 2.24) is 9.88 Å². The van der Waals surface area contributed by atoms with Gasteiger partial charge in [-0.25, -0.2) is 4.79 Å². The highest BCUT2D eigenvalue weighted by molar-refractivity contribution is 5.69. The third kappa shape index (κ3) is 3.74. The molecule has 1 amide bonds. The predicted molar refractivity (Wildman–Crippen MR) is 90.1 cm³/mol. The van der Waals surface area contributed by atoms with E-state index in [2.05, 4.69) is 4.98 Å². The maximum Gasteiger partial charge on any atom is 0.410 e. The van der Waals surface area contributed by atoms with Gasteiger partial charge in [-0.15, -0.1) is 0 Å². The van der Waals surface area contributed by atoms with E-state index in [9.17, 15) is 14.9 Å². The maximum atomic E-state index is 12.2. The first kappa shape index (κ1) is 18.0. The largest absolute Gasteiger partial charge is 0.453 e. The molecule has 1 unspecified atom stereocenters. The summed E-state index contributed by atoms with van der Waals surface area (Å²) >= 11 is 0. The molecule has 1 saturated heterocycles. The number of ether oxygens (including phenoxy) is 1. The molecule has 1 atom stereocenters. The van der Waals surface area contributed by atoms with Gasteiger partial charge in [-0.1, -0.05) is 0 Å². The monoisotopic (exact) mass is 336 g/mol. The predicted octanol–water partition coefficient (Wildman–Crippen LogP) is 2.83. The van der Waals surface area contributed by atoms with Crippen molar-refractivity contribution in [1.29, 1.82) is 0 Å². The van der Waals surface area contributed by atoms with Gasteiger partial charge in [0, 0.05) is 24.8 Å². The summed E-state index contributed by atoms with van der Waals surface area (Å²) in [6.07, 6.45) is 4.11. The number of anilines is 1. The lowest BCUT2D eigenvalue weighted by atomic mass is 9.97. The molecular weight excluding hydrogens is 312 g/mol. The van der Waals surface area contributed by atoms with Gasteiger partial charge in [-0.2, -0.15) is 0 Å². The fourth-order valence-corrected chi connectivity index (χ4v) is 3.24. The number of carbonyl (C=O) groups is 1. The van der Waals surface area contributed by atoms with Crippen LogP contribution in [0.1, 0.15) is 33.6 Å². The van der Waals surface area contributed by atoms with Crippen LogP contribution in [0.5, 0.6) is 0 Å². The Bertz CT molecular complexity index is 614. The van der Waals surface area contributed by atoms with E-state index in [1.54, 1.807) is 17.2 Å². The van der Waals surface area contributed by atoms with Crippen LogP contribution < -0.4 is 4.90 Å². The van der Waals surface area contributed by atoms with E-state index in [0.717, 1.165) is 12.8 Å². The number of piperidine rings is 1. The molecule has 1 fully saturated rings.